The quantitative estimate of drug-likeness (QED) is 0.716. The van der Waals surface area contributed by atoms with Gasteiger partial charge in [0.05, 0.1) is 24.8 Å². The third kappa shape index (κ3) is 3.96. The number of amides is 1. The summed E-state index contributed by atoms with van der Waals surface area (Å²) >= 11 is 0. The van der Waals surface area contributed by atoms with Gasteiger partial charge in [0.15, 0.2) is 0 Å². The summed E-state index contributed by atoms with van der Waals surface area (Å²) < 4.78 is 7.60. The molecule has 0 saturated carbocycles. The Balaban J connectivity index is 1.60. The van der Waals surface area contributed by atoms with Crippen LogP contribution in [0.5, 0.6) is 0 Å². The van der Waals surface area contributed by atoms with Gasteiger partial charge in [-0.25, -0.2) is 0 Å². The molecule has 1 unspecified atom stereocenters. The molecule has 5 heteroatoms. The Morgan fingerprint density at radius 1 is 1.07 bits per heavy atom. The minimum absolute atomic E-state index is 0.0227. The summed E-state index contributed by atoms with van der Waals surface area (Å²) in [6, 6.07) is 18.3. The van der Waals surface area contributed by atoms with Crippen molar-refractivity contribution in [2.24, 2.45) is 0 Å². The van der Waals surface area contributed by atoms with Crippen molar-refractivity contribution < 1.29 is 9.53 Å². The molecule has 1 aromatic heterocycles. The lowest BCUT2D eigenvalue weighted by atomic mass is 10.0. The van der Waals surface area contributed by atoms with E-state index in [-0.39, 0.29) is 11.9 Å². The predicted molar refractivity (Wildman–Crippen MR) is 112 cm³/mol. The standard InChI is InChI=1S/C23H27N3O2/c1-2-26-16-20(19-10-6-7-11-22(19)26)23(27)24-21(18-8-4-3-5-9-18)17-25-12-14-28-15-13-25/h3-11,16,21H,2,12-15,17H2,1H3,(H,24,27). The van der Waals surface area contributed by atoms with E-state index in [9.17, 15) is 4.79 Å². The van der Waals surface area contributed by atoms with E-state index >= 15 is 0 Å². The molecule has 5 nitrogen and oxygen atoms in total. The van der Waals surface area contributed by atoms with E-state index < -0.39 is 0 Å². The molecule has 0 aliphatic carbocycles. The number of morpholine rings is 1. The van der Waals surface area contributed by atoms with Crippen molar-refractivity contribution >= 4 is 16.8 Å². The van der Waals surface area contributed by atoms with Crippen molar-refractivity contribution in [1.29, 1.82) is 0 Å². The third-order valence-electron chi connectivity index (χ3n) is 5.43. The Bertz CT molecular complexity index is 929. The topological polar surface area (TPSA) is 46.5 Å². The van der Waals surface area contributed by atoms with E-state index in [2.05, 4.69) is 39.9 Å². The first-order valence-electron chi connectivity index (χ1n) is 10.00. The second-order valence-corrected chi connectivity index (χ2v) is 7.20. The fourth-order valence-corrected chi connectivity index (χ4v) is 3.89. The van der Waals surface area contributed by atoms with Crippen LogP contribution < -0.4 is 5.32 Å². The van der Waals surface area contributed by atoms with Gasteiger partial charge in [0.1, 0.15) is 0 Å². The molecule has 1 amide bonds. The minimum atomic E-state index is -0.0597. The van der Waals surface area contributed by atoms with Crippen molar-refractivity contribution in [3.8, 4) is 0 Å². The van der Waals surface area contributed by atoms with E-state index in [1.54, 1.807) is 0 Å². The Morgan fingerprint density at radius 3 is 2.54 bits per heavy atom. The van der Waals surface area contributed by atoms with Crippen LogP contribution in [0, 0.1) is 0 Å². The molecular formula is C23H27N3O2. The van der Waals surface area contributed by atoms with E-state index in [1.165, 1.54) is 0 Å². The molecule has 2 aromatic carbocycles. The number of aryl methyl sites for hydroxylation is 1. The molecule has 0 spiro atoms. The number of hydrogen-bond acceptors (Lipinski definition) is 3. The molecule has 2 heterocycles. The number of carbonyl (C=O) groups is 1. The fraction of sp³-hybridized carbons (Fsp3) is 0.348. The first kappa shape index (κ1) is 18.7. The van der Waals surface area contributed by atoms with Crippen LogP contribution >= 0.6 is 0 Å². The number of rotatable bonds is 6. The highest BCUT2D eigenvalue weighted by atomic mass is 16.5. The molecule has 1 aliphatic rings. The molecule has 4 rings (SSSR count). The maximum atomic E-state index is 13.2. The van der Waals surface area contributed by atoms with Crippen molar-refractivity contribution in [3.63, 3.8) is 0 Å². The monoisotopic (exact) mass is 377 g/mol. The lowest BCUT2D eigenvalue weighted by Gasteiger charge is -2.31. The SMILES string of the molecule is CCn1cc(C(=O)NC(CN2CCOCC2)c2ccccc2)c2ccccc21. The number of nitrogens with zero attached hydrogens (tertiary/aromatic N) is 2. The van der Waals surface area contributed by atoms with Crippen LogP contribution in [0.15, 0.2) is 60.8 Å². The molecular weight excluding hydrogens is 350 g/mol. The van der Waals surface area contributed by atoms with Gasteiger partial charge >= 0.3 is 0 Å². The third-order valence-corrected chi connectivity index (χ3v) is 5.43. The maximum absolute atomic E-state index is 13.2. The summed E-state index contributed by atoms with van der Waals surface area (Å²) in [5.41, 5.74) is 2.96. The lowest BCUT2D eigenvalue weighted by molar-refractivity contribution is 0.0332. The number of hydrogen-bond donors (Lipinski definition) is 1. The highest BCUT2D eigenvalue weighted by Crippen LogP contribution is 2.23. The summed E-state index contributed by atoms with van der Waals surface area (Å²) in [5, 5.41) is 4.29. The normalized spacial score (nSPS) is 16.2. The number of aromatic nitrogens is 1. The zero-order chi connectivity index (χ0) is 19.3. The first-order chi connectivity index (χ1) is 13.8. The number of carbonyl (C=O) groups excluding carboxylic acids is 1. The molecule has 1 saturated heterocycles. The van der Waals surface area contributed by atoms with E-state index in [0.29, 0.717) is 0 Å². The summed E-state index contributed by atoms with van der Waals surface area (Å²) in [7, 11) is 0. The van der Waals surface area contributed by atoms with Gasteiger partial charge in [-0.15, -0.1) is 0 Å². The Kier molecular flexibility index (Phi) is 5.74. The van der Waals surface area contributed by atoms with Crippen molar-refractivity contribution in [2.75, 3.05) is 32.8 Å². The Hall–Kier alpha value is -2.63. The van der Waals surface area contributed by atoms with Crippen LogP contribution in [0.1, 0.15) is 28.9 Å². The van der Waals surface area contributed by atoms with Crippen LogP contribution in [0.2, 0.25) is 0 Å². The molecule has 28 heavy (non-hydrogen) atoms. The minimum Gasteiger partial charge on any atom is -0.379 e. The van der Waals surface area contributed by atoms with Gasteiger partial charge in [-0.1, -0.05) is 48.5 Å². The molecule has 1 fully saturated rings. The Labute approximate surface area is 165 Å². The number of benzene rings is 2. The van der Waals surface area contributed by atoms with Crippen molar-refractivity contribution in [1.82, 2.24) is 14.8 Å². The molecule has 1 atom stereocenters. The fourth-order valence-electron chi connectivity index (χ4n) is 3.89. The van der Waals surface area contributed by atoms with Crippen molar-refractivity contribution in [2.45, 2.75) is 19.5 Å². The largest absolute Gasteiger partial charge is 0.379 e. The second kappa shape index (κ2) is 8.59. The van der Waals surface area contributed by atoms with Crippen molar-refractivity contribution in [3.05, 3.63) is 71.9 Å². The second-order valence-electron chi connectivity index (χ2n) is 7.20. The number of nitrogens with one attached hydrogen (secondary N) is 1. The van der Waals surface area contributed by atoms with Gasteiger partial charge in [0, 0.05) is 43.3 Å². The first-order valence-corrected chi connectivity index (χ1v) is 10.00. The van der Waals surface area contributed by atoms with Gasteiger partial charge in [0.2, 0.25) is 0 Å². The zero-order valence-electron chi connectivity index (χ0n) is 16.3. The van der Waals surface area contributed by atoms with Crippen LogP contribution in [-0.4, -0.2) is 48.2 Å². The van der Waals surface area contributed by atoms with E-state index in [4.69, 9.17) is 4.74 Å². The zero-order valence-corrected chi connectivity index (χ0v) is 16.3. The summed E-state index contributed by atoms with van der Waals surface area (Å²) in [4.78, 5) is 15.6. The molecule has 3 aromatic rings. The molecule has 1 N–H and O–H groups in total. The highest BCUT2D eigenvalue weighted by Gasteiger charge is 2.22. The van der Waals surface area contributed by atoms with Crippen LogP contribution in [-0.2, 0) is 11.3 Å². The molecule has 0 bridgehead atoms. The maximum Gasteiger partial charge on any atom is 0.253 e. The van der Waals surface area contributed by atoms with Crippen LogP contribution in [0.4, 0.5) is 0 Å². The van der Waals surface area contributed by atoms with E-state index in [1.807, 2.05) is 42.6 Å². The summed E-state index contributed by atoms with van der Waals surface area (Å²) in [5.74, 6) is -0.0227. The molecule has 146 valence electrons. The lowest BCUT2D eigenvalue weighted by Crippen LogP contribution is -2.43. The van der Waals surface area contributed by atoms with Gasteiger partial charge < -0.3 is 14.6 Å². The predicted octanol–water partition coefficient (Wildman–Crippen LogP) is 3.46. The number of fused-ring (bicyclic) bond motifs is 1. The number of ether oxygens (including phenoxy) is 1. The summed E-state index contributed by atoms with van der Waals surface area (Å²) in [6.07, 6.45) is 1.97. The molecule has 0 radical (unpaired) electrons. The average Bonchev–Trinajstić information content (AvgIpc) is 3.14. The highest BCUT2D eigenvalue weighted by molar-refractivity contribution is 6.07. The van der Waals surface area contributed by atoms with E-state index in [0.717, 1.165) is 61.4 Å². The van der Waals surface area contributed by atoms with Gasteiger partial charge in [-0.3, -0.25) is 9.69 Å². The van der Waals surface area contributed by atoms with Gasteiger partial charge in [0.25, 0.3) is 5.91 Å². The van der Waals surface area contributed by atoms with Crippen LogP contribution in [0.25, 0.3) is 10.9 Å². The van der Waals surface area contributed by atoms with Gasteiger partial charge in [-0.05, 0) is 18.6 Å². The average molecular weight is 377 g/mol. The van der Waals surface area contributed by atoms with Gasteiger partial charge in [-0.2, -0.15) is 0 Å². The number of para-hydroxylation sites is 1. The van der Waals surface area contributed by atoms with Crippen LogP contribution in [0.3, 0.4) is 0 Å². The smallest absolute Gasteiger partial charge is 0.253 e. The Morgan fingerprint density at radius 2 is 1.79 bits per heavy atom. The molecule has 1 aliphatic heterocycles. The summed E-state index contributed by atoms with van der Waals surface area (Å²) in [6.45, 7) is 7.01.